The third-order valence-electron chi connectivity index (χ3n) is 5.46. The first-order valence-electron chi connectivity index (χ1n) is 8.48. The molecule has 0 spiro atoms. The maximum atomic E-state index is 12.4. The molecule has 0 aromatic heterocycles. The van der Waals surface area contributed by atoms with Gasteiger partial charge in [-0.1, -0.05) is 24.1 Å². The summed E-state index contributed by atoms with van der Waals surface area (Å²) in [4.78, 5) is 48.2. The van der Waals surface area contributed by atoms with Crippen molar-refractivity contribution in [1.29, 1.82) is 0 Å². The lowest BCUT2D eigenvalue weighted by Crippen LogP contribution is -2.41. The van der Waals surface area contributed by atoms with Gasteiger partial charge in [0.1, 0.15) is 5.56 Å². The minimum Gasteiger partial charge on any atom is -0.481 e. The third kappa shape index (κ3) is 3.34. The number of halogens is 1. The van der Waals surface area contributed by atoms with Crippen molar-refractivity contribution in [1.82, 2.24) is 10.2 Å². The van der Waals surface area contributed by atoms with E-state index in [1.165, 1.54) is 17.0 Å². The Hall–Kier alpha value is -2.68. The maximum Gasteiger partial charge on any atom is 0.311 e. The van der Waals surface area contributed by atoms with Crippen LogP contribution in [0.1, 0.15) is 29.6 Å². The summed E-state index contributed by atoms with van der Waals surface area (Å²) in [5.74, 6) is -2.23. The molecule has 2 amide bonds. The summed E-state index contributed by atoms with van der Waals surface area (Å²) in [7, 11) is 0. The van der Waals surface area contributed by atoms with Gasteiger partial charge >= 0.3 is 5.97 Å². The van der Waals surface area contributed by atoms with Crippen molar-refractivity contribution in [2.24, 2.45) is 11.3 Å². The van der Waals surface area contributed by atoms with Gasteiger partial charge in [0.25, 0.3) is 11.6 Å². The zero-order chi connectivity index (χ0) is 19.8. The van der Waals surface area contributed by atoms with Crippen LogP contribution in [-0.2, 0) is 9.59 Å². The number of carboxylic acid groups (broad SMARTS) is 1. The number of carboxylic acids is 1. The van der Waals surface area contributed by atoms with Gasteiger partial charge in [0.15, 0.2) is 0 Å². The molecule has 0 bridgehead atoms. The van der Waals surface area contributed by atoms with Crippen LogP contribution < -0.4 is 5.32 Å². The lowest BCUT2D eigenvalue weighted by molar-refractivity contribution is -0.385. The van der Waals surface area contributed by atoms with Gasteiger partial charge in [-0.2, -0.15) is 0 Å². The average molecular weight is 396 g/mol. The molecular formula is C17H18ClN3O6. The summed E-state index contributed by atoms with van der Waals surface area (Å²) < 4.78 is 0. The largest absolute Gasteiger partial charge is 0.481 e. The Morgan fingerprint density at radius 3 is 2.78 bits per heavy atom. The van der Waals surface area contributed by atoms with Crippen LogP contribution in [0.15, 0.2) is 18.2 Å². The number of hydrogen-bond donors (Lipinski definition) is 2. The van der Waals surface area contributed by atoms with E-state index in [4.69, 9.17) is 11.6 Å². The number of likely N-dealkylation sites (tertiary alicyclic amines) is 1. The third-order valence-corrected chi connectivity index (χ3v) is 5.78. The highest BCUT2D eigenvalue weighted by molar-refractivity contribution is 6.34. The van der Waals surface area contributed by atoms with E-state index in [0.29, 0.717) is 13.0 Å². The van der Waals surface area contributed by atoms with E-state index in [9.17, 15) is 29.6 Å². The van der Waals surface area contributed by atoms with Gasteiger partial charge in [-0.3, -0.25) is 24.5 Å². The van der Waals surface area contributed by atoms with E-state index in [1.54, 1.807) is 0 Å². The lowest BCUT2D eigenvalue weighted by atomic mass is 9.81. The quantitative estimate of drug-likeness (QED) is 0.576. The minimum atomic E-state index is -0.902. The molecular weight excluding hydrogens is 378 g/mol. The molecule has 0 radical (unpaired) electrons. The summed E-state index contributed by atoms with van der Waals surface area (Å²) in [6, 6.07) is 3.86. The Bertz CT molecular complexity index is 829. The SMILES string of the molecule is O=C(NCC(=O)N1C[C@@H]2CCC[C@@]2(C(=O)O)C1)c1c(Cl)cccc1[N+](=O)[O-]. The topological polar surface area (TPSA) is 130 Å². The number of nitro benzene ring substituents is 1. The fourth-order valence-electron chi connectivity index (χ4n) is 4.07. The molecule has 144 valence electrons. The Kier molecular flexibility index (Phi) is 5.05. The van der Waals surface area contributed by atoms with Crippen LogP contribution >= 0.6 is 11.6 Å². The first kappa shape index (κ1) is 19.1. The van der Waals surface area contributed by atoms with Crippen molar-refractivity contribution in [2.45, 2.75) is 19.3 Å². The Labute approximate surface area is 159 Å². The molecule has 1 aliphatic heterocycles. The number of hydrogen-bond acceptors (Lipinski definition) is 5. The lowest BCUT2D eigenvalue weighted by Gasteiger charge is -2.23. The van der Waals surface area contributed by atoms with Crippen molar-refractivity contribution in [3.05, 3.63) is 38.9 Å². The molecule has 9 nitrogen and oxygen atoms in total. The number of benzene rings is 1. The maximum absolute atomic E-state index is 12.4. The van der Waals surface area contributed by atoms with Gasteiger partial charge in [-0.05, 0) is 24.8 Å². The Morgan fingerprint density at radius 1 is 1.41 bits per heavy atom. The summed E-state index contributed by atoms with van der Waals surface area (Å²) in [5, 5.41) is 22.9. The molecule has 1 saturated carbocycles. The molecule has 2 N–H and O–H groups in total. The average Bonchev–Trinajstić information content (AvgIpc) is 3.17. The van der Waals surface area contributed by atoms with Crippen LogP contribution in [0.3, 0.4) is 0 Å². The van der Waals surface area contributed by atoms with Crippen LogP contribution in [0.4, 0.5) is 5.69 Å². The van der Waals surface area contributed by atoms with Crippen LogP contribution in [-0.4, -0.2) is 52.3 Å². The molecule has 1 saturated heterocycles. The Morgan fingerprint density at radius 2 is 2.15 bits per heavy atom. The number of aliphatic carboxylic acids is 1. The van der Waals surface area contributed by atoms with Crippen molar-refractivity contribution in [3.63, 3.8) is 0 Å². The first-order chi connectivity index (χ1) is 12.8. The summed E-state index contributed by atoms with van der Waals surface area (Å²) in [5.41, 5.74) is -1.66. The number of carbonyl (C=O) groups is 3. The van der Waals surface area contributed by atoms with Gasteiger partial charge in [-0.15, -0.1) is 0 Å². The number of fused-ring (bicyclic) bond motifs is 1. The van der Waals surface area contributed by atoms with Crippen molar-refractivity contribution < 1.29 is 24.4 Å². The minimum absolute atomic E-state index is 0.0840. The fourth-order valence-corrected chi connectivity index (χ4v) is 4.33. The van der Waals surface area contributed by atoms with Gasteiger partial charge < -0.3 is 15.3 Å². The molecule has 1 aliphatic carbocycles. The molecule has 27 heavy (non-hydrogen) atoms. The standard InChI is InChI=1S/C17H18ClN3O6/c18-11-4-1-5-12(21(26)27)14(11)15(23)19-7-13(22)20-8-10-3-2-6-17(10,9-20)16(24)25/h1,4-5,10H,2-3,6-9H2,(H,19,23)(H,24,25)/t10-,17+/m0/s1. The molecule has 2 atom stereocenters. The second kappa shape index (κ2) is 7.15. The summed E-state index contributed by atoms with van der Waals surface area (Å²) in [6.45, 7) is 0.0742. The van der Waals surface area contributed by atoms with Gasteiger partial charge in [-0.25, -0.2) is 0 Å². The molecule has 10 heteroatoms. The second-order valence-electron chi connectivity index (χ2n) is 6.90. The smallest absolute Gasteiger partial charge is 0.311 e. The fraction of sp³-hybridized carbons (Fsp3) is 0.471. The first-order valence-corrected chi connectivity index (χ1v) is 8.86. The highest BCUT2D eigenvalue weighted by Gasteiger charge is 2.55. The number of nitro groups is 1. The van der Waals surface area contributed by atoms with Crippen molar-refractivity contribution >= 4 is 35.1 Å². The number of amides is 2. The van der Waals surface area contributed by atoms with E-state index in [-0.39, 0.29) is 29.6 Å². The van der Waals surface area contributed by atoms with Crippen LogP contribution in [0.5, 0.6) is 0 Å². The zero-order valence-electron chi connectivity index (χ0n) is 14.3. The van der Waals surface area contributed by atoms with E-state index in [2.05, 4.69) is 5.32 Å². The molecule has 2 fully saturated rings. The second-order valence-corrected chi connectivity index (χ2v) is 7.31. The van der Waals surface area contributed by atoms with E-state index in [1.807, 2.05) is 0 Å². The zero-order valence-corrected chi connectivity index (χ0v) is 15.1. The number of rotatable bonds is 5. The van der Waals surface area contributed by atoms with Crippen LogP contribution in [0.25, 0.3) is 0 Å². The molecule has 2 aliphatic rings. The molecule has 1 aromatic carbocycles. The highest BCUT2D eigenvalue weighted by atomic mass is 35.5. The van der Waals surface area contributed by atoms with Crippen LogP contribution in [0, 0.1) is 21.4 Å². The number of nitrogens with one attached hydrogen (secondary N) is 1. The van der Waals surface area contributed by atoms with E-state index in [0.717, 1.165) is 18.9 Å². The number of carbonyl (C=O) groups excluding carboxylic acids is 2. The predicted molar refractivity (Wildman–Crippen MR) is 94.4 cm³/mol. The van der Waals surface area contributed by atoms with Gasteiger partial charge in [0, 0.05) is 19.2 Å². The number of nitrogens with zero attached hydrogens (tertiary/aromatic N) is 2. The molecule has 3 rings (SSSR count). The summed E-state index contributed by atoms with van der Waals surface area (Å²) >= 11 is 5.90. The normalized spacial score (nSPS) is 23.7. The van der Waals surface area contributed by atoms with Gasteiger partial charge in [0.2, 0.25) is 5.91 Å². The monoisotopic (exact) mass is 395 g/mol. The predicted octanol–water partition coefficient (Wildman–Crippen LogP) is 1.69. The van der Waals surface area contributed by atoms with Crippen molar-refractivity contribution in [2.75, 3.05) is 19.6 Å². The Balaban J connectivity index is 1.66. The molecule has 0 unspecified atom stereocenters. The molecule has 1 heterocycles. The summed E-state index contributed by atoms with van der Waals surface area (Å²) in [6.07, 6.45) is 2.12. The highest BCUT2D eigenvalue weighted by Crippen LogP contribution is 2.48. The molecule has 1 aromatic rings. The van der Waals surface area contributed by atoms with Gasteiger partial charge in [0.05, 0.1) is 21.9 Å². The van der Waals surface area contributed by atoms with E-state index >= 15 is 0 Å². The van der Waals surface area contributed by atoms with Crippen molar-refractivity contribution in [3.8, 4) is 0 Å². The van der Waals surface area contributed by atoms with Crippen LogP contribution in [0.2, 0.25) is 5.02 Å². The van der Waals surface area contributed by atoms with E-state index < -0.39 is 33.8 Å².